The molecular formula is C52H82N2O16. The lowest BCUT2D eigenvalue weighted by molar-refractivity contribution is -0.319. The van der Waals surface area contributed by atoms with E-state index in [-0.39, 0.29) is 44.4 Å². The summed E-state index contributed by atoms with van der Waals surface area (Å²) in [6.07, 6.45) is -7.67. The topological polar surface area (TPSA) is 212 Å². The van der Waals surface area contributed by atoms with E-state index >= 15 is 0 Å². The van der Waals surface area contributed by atoms with Gasteiger partial charge in [0, 0.05) is 65.6 Å². The van der Waals surface area contributed by atoms with E-state index in [4.69, 9.17) is 42.6 Å². The Bertz CT molecular complexity index is 1840. The Balaban J connectivity index is 1.79. The second-order valence-corrected chi connectivity index (χ2v) is 19.9. The second kappa shape index (κ2) is 27.7. The van der Waals surface area contributed by atoms with Crippen molar-refractivity contribution < 1.29 is 76.5 Å². The van der Waals surface area contributed by atoms with E-state index in [0.717, 1.165) is 19.1 Å². The molecule has 18 heteroatoms. The molecule has 396 valence electrons. The summed E-state index contributed by atoms with van der Waals surface area (Å²) < 4.78 is 55.9. The maximum atomic E-state index is 13.9. The van der Waals surface area contributed by atoms with Gasteiger partial charge in [-0.1, -0.05) is 51.1 Å². The predicted molar refractivity (Wildman–Crippen MR) is 256 cm³/mol. The summed E-state index contributed by atoms with van der Waals surface area (Å²) in [5, 5.41) is 12.8. The summed E-state index contributed by atoms with van der Waals surface area (Å²) in [4.78, 5) is 81.9. The summed E-state index contributed by atoms with van der Waals surface area (Å²) >= 11 is 0. The third-order valence-corrected chi connectivity index (χ3v) is 14.0. The average Bonchev–Trinajstić information content (AvgIpc) is 3.28. The van der Waals surface area contributed by atoms with Crippen LogP contribution < -0.4 is 0 Å². The highest BCUT2D eigenvalue weighted by Crippen LogP contribution is 2.43. The van der Waals surface area contributed by atoms with Crippen LogP contribution in [-0.4, -0.2) is 171 Å². The van der Waals surface area contributed by atoms with Crippen molar-refractivity contribution in [3.05, 3.63) is 35.9 Å². The summed E-state index contributed by atoms with van der Waals surface area (Å²) in [5.74, 6) is -4.72. The van der Waals surface area contributed by atoms with Crippen molar-refractivity contribution in [1.29, 1.82) is 0 Å². The molecule has 4 rings (SSSR count). The van der Waals surface area contributed by atoms with Gasteiger partial charge in [0.25, 0.3) is 0 Å². The highest BCUT2D eigenvalue weighted by atomic mass is 16.7. The third-order valence-electron chi connectivity index (χ3n) is 14.0. The van der Waals surface area contributed by atoms with Crippen LogP contribution >= 0.6 is 0 Å². The first-order valence-corrected chi connectivity index (χ1v) is 25.1. The molecule has 0 unspecified atom stereocenters. The van der Waals surface area contributed by atoms with Crippen LogP contribution in [0.2, 0.25) is 0 Å². The van der Waals surface area contributed by atoms with E-state index in [1.54, 1.807) is 60.5 Å². The zero-order valence-electron chi connectivity index (χ0n) is 43.6. The number of carbonyl (C=O) groups excluding carboxylic acids is 6. The summed E-state index contributed by atoms with van der Waals surface area (Å²) in [7, 11) is 4.98. The molecule has 3 aliphatic heterocycles. The normalized spacial score (nSPS) is 35.1. The van der Waals surface area contributed by atoms with Gasteiger partial charge < -0.3 is 57.4 Å². The fraction of sp³-hybridized carbons (Fsp3) is 0.769. The van der Waals surface area contributed by atoms with Crippen LogP contribution in [0.15, 0.2) is 30.3 Å². The lowest BCUT2D eigenvalue weighted by atomic mass is 9.71. The van der Waals surface area contributed by atoms with E-state index < -0.39 is 121 Å². The van der Waals surface area contributed by atoms with Gasteiger partial charge in [0.05, 0.1) is 36.9 Å². The molecule has 0 bridgehead atoms. The number of cyclic esters (lactones) is 1. The molecule has 16 atom stereocenters. The highest BCUT2D eigenvalue weighted by Gasteiger charge is 2.56. The third kappa shape index (κ3) is 16.5. The van der Waals surface area contributed by atoms with E-state index in [9.17, 15) is 33.9 Å². The van der Waals surface area contributed by atoms with Crippen molar-refractivity contribution in [3.63, 3.8) is 0 Å². The Hall–Kier alpha value is -4.04. The molecule has 0 radical (unpaired) electrons. The lowest BCUT2D eigenvalue weighted by Gasteiger charge is -2.53. The number of aliphatic hydroxyl groups excluding tert-OH is 1. The van der Waals surface area contributed by atoms with Crippen molar-refractivity contribution in [3.8, 4) is 0 Å². The average molecular weight is 991 g/mol. The Kier molecular flexibility index (Phi) is 23.2. The number of likely N-dealkylation sites (N-methyl/N-ethyl adjacent to an activating group) is 1. The van der Waals surface area contributed by atoms with Crippen LogP contribution in [0.4, 0.5) is 0 Å². The van der Waals surface area contributed by atoms with Gasteiger partial charge in [0.1, 0.15) is 36.8 Å². The first-order valence-electron chi connectivity index (χ1n) is 25.1. The van der Waals surface area contributed by atoms with Gasteiger partial charge in [-0.05, 0) is 91.4 Å². The fourth-order valence-corrected chi connectivity index (χ4v) is 10.6. The van der Waals surface area contributed by atoms with Gasteiger partial charge in [-0.2, -0.15) is 0 Å². The standard InChI is InChI=1S/C52H82N2O16/c1-13-41(58)67-39-28-43(60)63-32(4)22-25-54(24-18-21-37-19-16-15-17-20-37)30-40(66-35(7)56)31(3)27-38(23-26-55)45(49(39)62-12)50-47(61)46(53(10)11)48(33(5)65-50)69-44-29-52(9,70-36(8)57)51(34(6)64-44)68-42(59)14-2/h15-17,19-20,26,31-34,38-40,44-51,61H,13-14,18,21-25,27-30H2,1-12H3/t31-,32-,33-,34+,38+,39-,40+,44+,45+,46-,47-,48-,49-,50+,51+,52-/m1/s1. The van der Waals surface area contributed by atoms with Gasteiger partial charge >= 0.3 is 29.8 Å². The quantitative estimate of drug-likeness (QED) is 0.124. The number of benzene rings is 1. The van der Waals surface area contributed by atoms with Crippen LogP contribution in [0.25, 0.3) is 0 Å². The smallest absolute Gasteiger partial charge is 0.309 e. The second-order valence-electron chi connectivity index (χ2n) is 19.9. The summed E-state index contributed by atoms with van der Waals surface area (Å²) in [6.45, 7) is 16.4. The van der Waals surface area contributed by atoms with E-state index in [0.29, 0.717) is 26.1 Å². The molecule has 0 saturated carbocycles. The molecule has 3 aliphatic rings. The molecule has 1 N–H and O–H groups in total. The van der Waals surface area contributed by atoms with Crippen LogP contribution in [-0.2, 0) is 77.8 Å². The number of rotatable bonds is 17. The minimum absolute atomic E-state index is 0.0104. The first kappa shape index (κ1) is 58.5. The number of aliphatic hydroxyl groups is 1. The highest BCUT2D eigenvalue weighted by molar-refractivity contribution is 5.73. The zero-order chi connectivity index (χ0) is 51.9. The Morgan fingerprint density at radius 1 is 0.914 bits per heavy atom. The molecule has 3 fully saturated rings. The predicted octanol–water partition coefficient (Wildman–Crippen LogP) is 5.00. The number of aryl methyl sites for hydroxylation is 1. The molecule has 70 heavy (non-hydrogen) atoms. The van der Waals surface area contributed by atoms with Crippen molar-refractivity contribution in [1.82, 2.24) is 9.80 Å². The van der Waals surface area contributed by atoms with Gasteiger partial charge in [-0.25, -0.2) is 0 Å². The Labute approximate surface area is 415 Å². The Morgan fingerprint density at radius 3 is 2.19 bits per heavy atom. The van der Waals surface area contributed by atoms with Crippen LogP contribution in [0, 0.1) is 17.8 Å². The molecule has 0 spiro atoms. The molecule has 3 saturated heterocycles. The molecule has 0 aliphatic carbocycles. The van der Waals surface area contributed by atoms with Gasteiger partial charge in [-0.3, -0.25) is 28.9 Å². The molecule has 1 aromatic carbocycles. The van der Waals surface area contributed by atoms with Crippen molar-refractivity contribution in [2.24, 2.45) is 17.8 Å². The first-order chi connectivity index (χ1) is 33.1. The Morgan fingerprint density at radius 2 is 1.59 bits per heavy atom. The van der Waals surface area contributed by atoms with E-state index in [1.807, 2.05) is 25.1 Å². The van der Waals surface area contributed by atoms with Gasteiger partial charge in [0.2, 0.25) is 0 Å². The molecule has 1 aromatic rings. The molecule has 3 heterocycles. The zero-order valence-corrected chi connectivity index (χ0v) is 43.6. The van der Waals surface area contributed by atoms with Gasteiger partial charge in [0.15, 0.2) is 18.0 Å². The number of methoxy groups -OCH3 is 1. The van der Waals surface area contributed by atoms with Crippen molar-refractivity contribution in [2.45, 2.75) is 199 Å². The van der Waals surface area contributed by atoms with E-state index in [2.05, 4.69) is 17.0 Å². The van der Waals surface area contributed by atoms with Crippen LogP contribution in [0.1, 0.15) is 119 Å². The van der Waals surface area contributed by atoms with Crippen molar-refractivity contribution >= 4 is 36.1 Å². The molecular weight excluding hydrogens is 909 g/mol. The SMILES string of the molecule is CCC(=O)O[C@@H]1CC(=O)O[C@H](C)CCN(CCCc2ccccc2)C[C@H](OC(C)=O)[C@H](C)C[C@H](CC=O)[C@H]([C@@H]2O[C@H](C)[C@@H](O[C@H]3C[C@@](C)(OC(C)=O)[C@@H](OC(=O)CC)[C@H](C)O3)[C@H](N(C)C)[C@H]2O)[C@@H]1OC. The number of aldehydes is 1. The number of hydrogen-bond acceptors (Lipinski definition) is 18. The molecule has 18 nitrogen and oxygen atoms in total. The van der Waals surface area contributed by atoms with Crippen molar-refractivity contribution in [2.75, 3.05) is 40.8 Å². The number of hydrogen-bond donors (Lipinski definition) is 1. The van der Waals surface area contributed by atoms with Crippen LogP contribution in [0.5, 0.6) is 0 Å². The maximum absolute atomic E-state index is 13.9. The minimum Gasteiger partial charge on any atom is -0.463 e. The number of nitrogens with zero attached hydrogens (tertiary/aromatic N) is 2. The number of ether oxygens (including phenoxy) is 9. The molecule has 0 amide bonds. The van der Waals surface area contributed by atoms with Gasteiger partial charge in [-0.15, -0.1) is 0 Å². The number of carbonyl (C=O) groups is 6. The molecule has 0 aromatic heterocycles. The maximum Gasteiger partial charge on any atom is 0.309 e. The fourth-order valence-electron chi connectivity index (χ4n) is 10.6. The largest absolute Gasteiger partial charge is 0.463 e. The minimum atomic E-state index is -1.37. The number of esters is 5. The summed E-state index contributed by atoms with van der Waals surface area (Å²) in [6, 6.07) is 9.34. The lowest BCUT2D eigenvalue weighted by Crippen LogP contribution is -2.67. The van der Waals surface area contributed by atoms with E-state index in [1.165, 1.54) is 26.5 Å². The van der Waals surface area contributed by atoms with Crippen LogP contribution in [0.3, 0.4) is 0 Å². The monoisotopic (exact) mass is 991 g/mol. The summed E-state index contributed by atoms with van der Waals surface area (Å²) in [5.41, 5.74) is -0.143.